The van der Waals surface area contributed by atoms with Gasteiger partial charge >= 0.3 is 0 Å². The van der Waals surface area contributed by atoms with E-state index in [1.165, 1.54) is 6.42 Å². The second-order valence-electron chi connectivity index (χ2n) is 3.19. The Morgan fingerprint density at radius 2 is 2.21 bits per heavy atom. The second-order valence-corrected chi connectivity index (χ2v) is 3.19. The molecule has 0 bridgehead atoms. The molecule has 14 heavy (non-hydrogen) atoms. The minimum Gasteiger partial charge on any atom is -0.486 e. The molecule has 0 aromatic carbocycles. The number of rotatable bonds is 2. The van der Waals surface area contributed by atoms with E-state index in [1.807, 2.05) is 0 Å². The Hall–Kier alpha value is -0.450. The smallest absolute Gasteiger partial charge is 0.157 e. The number of aromatic nitrogens is 2. The SMILES string of the molecule is Cl.Cl.N[C@@H]1CCC[C@@H]1Oc1cn[nH]c1. The fourth-order valence-corrected chi connectivity index (χ4v) is 1.58. The Kier molecular flexibility index (Phi) is 5.92. The van der Waals surface area contributed by atoms with Gasteiger partial charge in [-0.15, -0.1) is 24.8 Å². The first-order chi connectivity index (χ1) is 5.86. The normalized spacial score (nSPS) is 24.9. The van der Waals surface area contributed by atoms with Crippen LogP contribution in [0.2, 0.25) is 0 Å². The van der Waals surface area contributed by atoms with Gasteiger partial charge in [-0.05, 0) is 19.3 Å². The molecule has 0 aliphatic heterocycles. The lowest BCUT2D eigenvalue weighted by Gasteiger charge is -2.15. The summed E-state index contributed by atoms with van der Waals surface area (Å²) in [6, 6.07) is 0.194. The van der Waals surface area contributed by atoms with Crippen molar-refractivity contribution in [2.75, 3.05) is 0 Å². The zero-order chi connectivity index (χ0) is 8.39. The number of hydrogen-bond acceptors (Lipinski definition) is 3. The molecule has 0 spiro atoms. The zero-order valence-electron chi connectivity index (χ0n) is 7.68. The first kappa shape index (κ1) is 13.5. The van der Waals surface area contributed by atoms with E-state index in [-0.39, 0.29) is 37.0 Å². The molecule has 1 saturated carbocycles. The summed E-state index contributed by atoms with van der Waals surface area (Å²) in [7, 11) is 0. The molecule has 82 valence electrons. The van der Waals surface area contributed by atoms with E-state index in [2.05, 4.69) is 10.2 Å². The summed E-state index contributed by atoms with van der Waals surface area (Å²) in [5, 5.41) is 6.50. The maximum absolute atomic E-state index is 5.84. The third kappa shape index (κ3) is 3.04. The fraction of sp³-hybridized carbons (Fsp3) is 0.625. The number of halogens is 2. The Labute approximate surface area is 95.4 Å². The van der Waals surface area contributed by atoms with Crippen molar-refractivity contribution in [3.8, 4) is 5.75 Å². The molecule has 1 aromatic rings. The van der Waals surface area contributed by atoms with Crippen LogP contribution in [0.5, 0.6) is 5.75 Å². The van der Waals surface area contributed by atoms with Gasteiger partial charge in [0.15, 0.2) is 5.75 Å². The molecule has 4 nitrogen and oxygen atoms in total. The van der Waals surface area contributed by atoms with E-state index in [0.717, 1.165) is 18.6 Å². The van der Waals surface area contributed by atoms with Crippen molar-refractivity contribution in [2.45, 2.75) is 31.4 Å². The maximum atomic E-state index is 5.84. The van der Waals surface area contributed by atoms with Crippen molar-refractivity contribution < 1.29 is 4.74 Å². The van der Waals surface area contributed by atoms with Crippen LogP contribution in [0.15, 0.2) is 12.4 Å². The fourth-order valence-electron chi connectivity index (χ4n) is 1.58. The van der Waals surface area contributed by atoms with E-state index < -0.39 is 0 Å². The predicted octanol–water partition coefficient (Wildman–Crippen LogP) is 1.51. The molecule has 3 N–H and O–H groups in total. The molecular formula is C8H15Cl2N3O. The van der Waals surface area contributed by atoms with E-state index >= 15 is 0 Å². The number of hydrogen-bond donors (Lipinski definition) is 2. The third-order valence-corrected chi connectivity index (χ3v) is 2.26. The van der Waals surface area contributed by atoms with Gasteiger partial charge in [0.2, 0.25) is 0 Å². The average molecular weight is 240 g/mol. The molecule has 0 radical (unpaired) electrons. The van der Waals surface area contributed by atoms with Gasteiger partial charge < -0.3 is 10.5 Å². The zero-order valence-corrected chi connectivity index (χ0v) is 9.31. The Morgan fingerprint density at radius 3 is 2.71 bits per heavy atom. The van der Waals surface area contributed by atoms with Crippen LogP contribution in [0.4, 0.5) is 0 Å². The lowest BCUT2D eigenvalue weighted by atomic mass is 10.2. The molecular weight excluding hydrogens is 225 g/mol. The van der Waals surface area contributed by atoms with Crippen molar-refractivity contribution in [1.29, 1.82) is 0 Å². The van der Waals surface area contributed by atoms with Crippen molar-refractivity contribution in [1.82, 2.24) is 10.2 Å². The third-order valence-electron chi connectivity index (χ3n) is 2.26. The Morgan fingerprint density at radius 1 is 1.43 bits per heavy atom. The molecule has 1 heterocycles. The Balaban J connectivity index is 0.000000845. The minimum absolute atomic E-state index is 0. The molecule has 1 aromatic heterocycles. The van der Waals surface area contributed by atoms with Crippen LogP contribution in [0, 0.1) is 0 Å². The lowest BCUT2D eigenvalue weighted by molar-refractivity contribution is 0.192. The highest BCUT2D eigenvalue weighted by Gasteiger charge is 2.25. The van der Waals surface area contributed by atoms with Gasteiger partial charge in [-0.1, -0.05) is 0 Å². The molecule has 2 rings (SSSR count). The van der Waals surface area contributed by atoms with Gasteiger partial charge in [0.25, 0.3) is 0 Å². The van der Waals surface area contributed by atoms with E-state index in [1.54, 1.807) is 12.4 Å². The summed E-state index contributed by atoms with van der Waals surface area (Å²) in [5.74, 6) is 0.789. The molecule has 2 atom stereocenters. The van der Waals surface area contributed by atoms with E-state index in [4.69, 9.17) is 10.5 Å². The Bertz CT molecular complexity index is 243. The predicted molar refractivity (Wildman–Crippen MR) is 59.3 cm³/mol. The van der Waals surface area contributed by atoms with Crippen LogP contribution in [0.1, 0.15) is 19.3 Å². The largest absolute Gasteiger partial charge is 0.486 e. The van der Waals surface area contributed by atoms with Crippen LogP contribution in [0.3, 0.4) is 0 Å². The summed E-state index contributed by atoms with van der Waals surface area (Å²) in [6.45, 7) is 0. The van der Waals surface area contributed by atoms with Crippen LogP contribution in [-0.4, -0.2) is 22.3 Å². The number of H-pyrrole nitrogens is 1. The standard InChI is InChI=1S/C8H13N3O.2ClH/c9-7-2-1-3-8(7)12-6-4-10-11-5-6;;/h4-5,7-8H,1-3,9H2,(H,10,11);2*1H/t7-,8+;;/m1../s1. The number of aromatic amines is 1. The highest BCUT2D eigenvalue weighted by Crippen LogP contribution is 2.22. The van der Waals surface area contributed by atoms with Gasteiger partial charge in [-0.25, -0.2) is 0 Å². The highest BCUT2D eigenvalue weighted by atomic mass is 35.5. The van der Waals surface area contributed by atoms with Gasteiger partial charge in [0.05, 0.1) is 12.4 Å². The summed E-state index contributed by atoms with van der Waals surface area (Å²) >= 11 is 0. The van der Waals surface area contributed by atoms with E-state index in [9.17, 15) is 0 Å². The number of nitrogens with two attached hydrogens (primary N) is 1. The van der Waals surface area contributed by atoms with Crippen molar-refractivity contribution in [3.63, 3.8) is 0 Å². The van der Waals surface area contributed by atoms with Gasteiger partial charge in [0, 0.05) is 6.04 Å². The average Bonchev–Trinajstić information content (AvgIpc) is 2.65. The van der Waals surface area contributed by atoms with Crippen LogP contribution >= 0.6 is 24.8 Å². The number of ether oxygens (including phenoxy) is 1. The molecule has 6 heteroatoms. The monoisotopic (exact) mass is 239 g/mol. The maximum Gasteiger partial charge on any atom is 0.157 e. The molecule has 1 aliphatic carbocycles. The summed E-state index contributed by atoms with van der Waals surface area (Å²) in [6.07, 6.45) is 6.90. The van der Waals surface area contributed by atoms with E-state index in [0.29, 0.717) is 0 Å². The molecule has 1 aliphatic rings. The summed E-state index contributed by atoms with van der Waals surface area (Å²) in [5.41, 5.74) is 5.84. The van der Waals surface area contributed by atoms with Crippen molar-refractivity contribution >= 4 is 24.8 Å². The molecule has 1 fully saturated rings. The first-order valence-corrected chi connectivity index (χ1v) is 4.27. The lowest BCUT2D eigenvalue weighted by Crippen LogP contribution is -2.33. The van der Waals surface area contributed by atoms with Crippen molar-refractivity contribution in [3.05, 3.63) is 12.4 Å². The molecule has 0 saturated heterocycles. The second kappa shape index (κ2) is 6.11. The molecule has 0 amide bonds. The van der Waals surface area contributed by atoms with Crippen LogP contribution in [-0.2, 0) is 0 Å². The topological polar surface area (TPSA) is 63.9 Å². The minimum atomic E-state index is 0. The van der Waals surface area contributed by atoms with Gasteiger partial charge in [-0.3, -0.25) is 5.10 Å². The number of nitrogens with zero attached hydrogens (tertiary/aromatic N) is 1. The summed E-state index contributed by atoms with van der Waals surface area (Å²) < 4.78 is 5.61. The molecule has 0 unspecified atom stereocenters. The van der Waals surface area contributed by atoms with Gasteiger partial charge in [-0.2, -0.15) is 5.10 Å². The highest BCUT2D eigenvalue weighted by molar-refractivity contribution is 5.85. The quantitative estimate of drug-likeness (QED) is 0.823. The van der Waals surface area contributed by atoms with Crippen molar-refractivity contribution in [2.24, 2.45) is 5.73 Å². The number of nitrogens with one attached hydrogen (secondary N) is 1. The van der Waals surface area contributed by atoms with Crippen LogP contribution < -0.4 is 10.5 Å². The summed E-state index contributed by atoms with van der Waals surface area (Å²) in [4.78, 5) is 0. The van der Waals surface area contributed by atoms with Gasteiger partial charge in [0.1, 0.15) is 6.10 Å². The first-order valence-electron chi connectivity index (χ1n) is 4.27. The van der Waals surface area contributed by atoms with Crippen LogP contribution in [0.25, 0.3) is 0 Å².